The van der Waals surface area contributed by atoms with Gasteiger partial charge in [0.1, 0.15) is 17.4 Å². The van der Waals surface area contributed by atoms with E-state index in [1.807, 2.05) is 31.2 Å². The number of amides is 1. The lowest BCUT2D eigenvalue weighted by atomic mass is 10.1. The van der Waals surface area contributed by atoms with E-state index in [1.54, 1.807) is 15.7 Å². The molecule has 2 aromatic rings. The number of carbonyl (C=O) groups is 1. The molecule has 6 nitrogen and oxygen atoms in total. The topological polar surface area (TPSA) is 60.8 Å². The summed E-state index contributed by atoms with van der Waals surface area (Å²) in [4.78, 5) is 27.6. The molecule has 2 saturated heterocycles. The minimum absolute atomic E-state index is 0.0372. The van der Waals surface area contributed by atoms with Crippen LogP contribution in [0.25, 0.3) is 0 Å². The zero-order valence-electron chi connectivity index (χ0n) is 17.1. The number of benzene rings is 1. The third-order valence-electron chi connectivity index (χ3n) is 5.79. The maximum absolute atomic E-state index is 13.0. The van der Waals surface area contributed by atoms with Gasteiger partial charge in [-0.15, -0.1) is 0 Å². The molecule has 0 aliphatic carbocycles. The van der Waals surface area contributed by atoms with E-state index in [0.29, 0.717) is 25.2 Å². The van der Waals surface area contributed by atoms with Crippen LogP contribution < -0.4 is 10.3 Å². The summed E-state index contributed by atoms with van der Waals surface area (Å²) < 4.78 is 13.3. The van der Waals surface area contributed by atoms with Crippen molar-refractivity contribution in [1.29, 1.82) is 0 Å². The lowest BCUT2D eigenvalue weighted by Crippen LogP contribution is -2.57. The summed E-state index contributed by atoms with van der Waals surface area (Å²) in [6.45, 7) is 6.15. The summed E-state index contributed by atoms with van der Waals surface area (Å²) in [5.74, 6) is 0.666. The van der Waals surface area contributed by atoms with Gasteiger partial charge in [-0.05, 0) is 49.4 Å². The number of nitrogens with zero attached hydrogens (tertiary/aromatic N) is 2. The maximum Gasteiger partial charge on any atom is 0.263 e. The highest BCUT2D eigenvalue weighted by atomic mass is 16.5. The summed E-state index contributed by atoms with van der Waals surface area (Å²) in [5, 5.41) is 0. The van der Waals surface area contributed by atoms with Crippen LogP contribution in [0.4, 0.5) is 0 Å². The SMILES string of the molecule is CCc1ccccc1OC1CN(C(=O)c2c(C)ccn(CC3CCCO3)c2=O)C1. The molecule has 0 radical (unpaired) electrons. The highest BCUT2D eigenvalue weighted by Gasteiger charge is 2.35. The summed E-state index contributed by atoms with van der Waals surface area (Å²) in [6.07, 6.45) is 4.66. The van der Waals surface area contributed by atoms with Crippen LogP contribution in [0.5, 0.6) is 5.75 Å². The first kappa shape index (κ1) is 19.7. The first-order chi connectivity index (χ1) is 14.1. The van der Waals surface area contributed by atoms with Gasteiger partial charge >= 0.3 is 0 Å². The predicted molar refractivity (Wildman–Crippen MR) is 111 cm³/mol. The van der Waals surface area contributed by atoms with Crippen molar-refractivity contribution in [2.75, 3.05) is 19.7 Å². The molecular formula is C23H28N2O4. The monoisotopic (exact) mass is 396 g/mol. The summed E-state index contributed by atoms with van der Waals surface area (Å²) in [5.41, 5.74) is 1.90. The number of carbonyl (C=O) groups excluding carboxylic acids is 1. The normalized spacial score (nSPS) is 19.2. The Balaban J connectivity index is 1.43. The number of para-hydroxylation sites is 1. The van der Waals surface area contributed by atoms with Crippen LogP contribution in [0.3, 0.4) is 0 Å². The van der Waals surface area contributed by atoms with Crippen molar-refractivity contribution in [3.63, 3.8) is 0 Å². The zero-order chi connectivity index (χ0) is 20.4. The molecule has 4 rings (SSSR count). The number of likely N-dealkylation sites (tertiary alicyclic amines) is 1. The third-order valence-corrected chi connectivity index (χ3v) is 5.79. The van der Waals surface area contributed by atoms with Crippen LogP contribution in [0.15, 0.2) is 41.3 Å². The van der Waals surface area contributed by atoms with Crippen LogP contribution in [0.1, 0.15) is 41.3 Å². The van der Waals surface area contributed by atoms with E-state index in [4.69, 9.17) is 9.47 Å². The fraction of sp³-hybridized carbons (Fsp3) is 0.478. The number of aryl methyl sites for hydroxylation is 2. The van der Waals surface area contributed by atoms with Crippen molar-refractivity contribution in [3.05, 3.63) is 63.6 Å². The minimum atomic E-state index is -0.230. The molecule has 2 aliphatic rings. The Labute approximate surface area is 171 Å². The van der Waals surface area contributed by atoms with E-state index in [-0.39, 0.29) is 29.2 Å². The number of rotatable bonds is 6. The van der Waals surface area contributed by atoms with E-state index < -0.39 is 0 Å². The molecule has 0 spiro atoms. The average Bonchev–Trinajstić information content (AvgIpc) is 3.20. The van der Waals surface area contributed by atoms with Gasteiger partial charge in [0.15, 0.2) is 0 Å². The van der Waals surface area contributed by atoms with Crippen LogP contribution in [-0.4, -0.2) is 47.3 Å². The first-order valence-electron chi connectivity index (χ1n) is 10.4. The smallest absolute Gasteiger partial charge is 0.263 e. The van der Waals surface area contributed by atoms with Gasteiger partial charge in [0.05, 0.1) is 25.7 Å². The molecule has 29 heavy (non-hydrogen) atoms. The van der Waals surface area contributed by atoms with E-state index >= 15 is 0 Å². The molecule has 1 amide bonds. The number of aromatic nitrogens is 1. The van der Waals surface area contributed by atoms with E-state index in [9.17, 15) is 9.59 Å². The van der Waals surface area contributed by atoms with Gasteiger partial charge in [0.25, 0.3) is 11.5 Å². The molecule has 2 fully saturated rings. The van der Waals surface area contributed by atoms with Crippen LogP contribution >= 0.6 is 0 Å². The Kier molecular flexibility index (Phi) is 5.72. The largest absolute Gasteiger partial charge is 0.486 e. The van der Waals surface area contributed by atoms with Crippen LogP contribution in [0.2, 0.25) is 0 Å². The van der Waals surface area contributed by atoms with Crippen LogP contribution in [0, 0.1) is 6.92 Å². The van der Waals surface area contributed by atoms with E-state index in [1.165, 1.54) is 0 Å². The van der Waals surface area contributed by atoms with Crippen LogP contribution in [-0.2, 0) is 17.7 Å². The second-order valence-corrected chi connectivity index (χ2v) is 7.88. The molecule has 3 heterocycles. The lowest BCUT2D eigenvalue weighted by molar-refractivity contribution is 0.0171. The Morgan fingerprint density at radius 1 is 1.24 bits per heavy atom. The standard InChI is InChI=1S/C23H28N2O4/c1-3-17-7-4-5-9-20(17)29-19-14-25(15-19)23(27)21-16(2)10-11-24(22(21)26)13-18-8-6-12-28-18/h4-5,7,9-11,18-19H,3,6,8,12-15H2,1-2H3. The zero-order valence-corrected chi connectivity index (χ0v) is 17.1. The minimum Gasteiger partial charge on any atom is -0.486 e. The Bertz CT molecular complexity index is 940. The molecule has 1 aromatic heterocycles. The molecule has 2 aliphatic heterocycles. The van der Waals surface area contributed by atoms with Crippen molar-refractivity contribution in [1.82, 2.24) is 9.47 Å². The Hall–Kier alpha value is -2.60. The number of hydrogen-bond acceptors (Lipinski definition) is 4. The van der Waals surface area contributed by atoms with Crippen molar-refractivity contribution < 1.29 is 14.3 Å². The second kappa shape index (κ2) is 8.41. The second-order valence-electron chi connectivity index (χ2n) is 7.88. The highest BCUT2D eigenvalue weighted by Crippen LogP contribution is 2.24. The van der Waals surface area contributed by atoms with Crippen molar-refractivity contribution in [2.24, 2.45) is 0 Å². The molecule has 6 heteroatoms. The summed E-state index contributed by atoms with van der Waals surface area (Å²) >= 11 is 0. The van der Waals surface area contributed by atoms with Gasteiger partial charge in [-0.3, -0.25) is 9.59 Å². The van der Waals surface area contributed by atoms with Gasteiger partial charge < -0.3 is 18.9 Å². The van der Waals surface area contributed by atoms with Crippen molar-refractivity contribution in [3.8, 4) is 5.75 Å². The molecule has 0 saturated carbocycles. The van der Waals surface area contributed by atoms with Crippen molar-refractivity contribution in [2.45, 2.75) is 51.9 Å². The number of ether oxygens (including phenoxy) is 2. The Morgan fingerprint density at radius 2 is 2.03 bits per heavy atom. The molecular weight excluding hydrogens is 368 g/mol. The number of pyridine rings is 1. The summed E-state index contributed by atoms with van der Waals surface area (Å²) in [7, 11) is 0. The first-order valence-corrected chi connectivity index (χ1v) is 10.4. The molecule has 154 valence electrons. The van der Waals surface area contributed by atoms with Gasteiger partial charge in [-0.1, -0.05) is 25.1 Å². The molecule has 1 unspecified atom stereocenters. The molecule has 0 N–H and O–H groups in total. The van der Waals surface area contributed by atoms with Crippen molar-refractivity contribution >= 4 is 5.91 Å². The lowest BCUT2D eigenvalue weighted by Gasteiger charge is -2.39. The third kappa shape index (κ3) is 4.08. The predicted octanol–water partition coefficient (Wildman–Crippen LogP) is 2.80. The van der Waals surface area contributed by atoms with Gasteiger partial charge in [0.2, 0.25) is 0 Å². The number of hydrogen-bond donors (Lipinski definition) is 0. The fourth-order valence-electron chi connectivity index (χ4n) is 4.00. The maximum atomic E-state index is 13.0. The van der Waals surface area contributed by atoms with E-state index in [0.717, 1.165) is 37.2 Å². The van der Waals surface area contributed by atoms with Gasteiger partial charge in [-0.2, -0.15) is 0 Å². The quantitative estimate of drug-likeness (QED) is 0.753. The highest BCUT2D eigenvalue weighted by molar-refractivity contribution is 5.95. The van der Waals surface area contributed by atoms with E-state index in [2.05, 4.69) is 13.0 Å². The molecule has 1 atom stereocenters. The van der Waals surface area contributed by atoms with Gasteiger partial charge in [-0.25, -0.2) is 0 Å². The summed E-state index contributed by atoms with van der Waals surface area (Å²) in [6, 6.07) is 9.83. The van der Waals surface area contributed by atoms with Gasteiger partial charge in [0, 0.05) is 12.8 Å². The molecule has 1 aromatic carbocycles. The average molecular weight is 396 g/mol. The Morgan fingerprint density at radius 3 is 2.76 bits per heavy atom. The fourth-order valence-corrected chi connectivity index (χ4v) is 4.00. The molecule has 0 bridgehead atoms.